The van der Waals surface area contributed by atoms with Crippen molar-refractivity contribution in [1.29, 1.82) is 0 Å². The molecule has 0 bridgehead atoms. The van der Waals surface area contributed by atoms with E-state index in [4.69, 9.17) is 4.74 Å². The van der Waals surface area contributed by atoms with Gasteiger partial charge in [-0.2, -0.15) is 0 Å². The van der Waals surface area contributed by atoms with Crippen molar-refractivity contribution in [2.75, 3.05) is 13.6 Å². The Morgan fingerprint density at radius 3 is 2.21 bits per heavy atom. The van der Waals surface area contributed by atoms with E-state index in [1.54, 1.807) is 31.0 Å². The molecular weight excluding hydrogens is 416 g/mol. The van der Waals surface area contributed by atoms with Crippen LogP contribution in [-0.4, -0.2) is 40.5 Å². The van der Waals surface area contributed by atoms with Gasteiger partial charge in [0.05, 0.1) is 5.56 Å². The first-order chi connectivity index (χ1) is 16.0. The number of rotatable bonds is 8. The van der Waals surface area contributed by atoms with Gasteiger partial charge < -0.3 is 19.7 Å². The van der Waals surface area contributed by atoms with Gasteiger partial charge in [0, 0.05) is 24.5 Å². The molecule has 0 saturated carbocycles. The third-order valence-corrected chi connectivity index (χ3v) is 5.77. The van der Waals surface area contributed by atoms with E-state index in [0.29, 0.717) is 47.4 Å². The Kier molecular flexibility index (Phi) is 6.45. The molecule has 3 aromatic carbocycles. The highest BCUT2D eigenvalue weighted by molar-refractivity contribution is 6.12. The van der Waals surface area contributed by atoms with Gasteiger partial charge in [-0.05, 0) is 42.2 Å². The maximum absolute atomic E-state index is 13.6. The van der Waals surface area contributed by atoms with Crippen LogP contribution in [0.4, 0.5) is 0 Å². The summed E-state index contributed by atoms with van der Waals surface area (Å²) >= 11 is 0. The van der Waals surface area contributed by atoms with Crippen molar-refractivity contribution in [3.05, 3.63) is 101 Å². The number of hydrogen-bond donors (Lipinski definition) is 2. The number of ether oxygens (including phenoxy) is 1. The second-order valence-electron chi connectivity index (χ2n) is 8.03. The Morgan fingerprint density at radius 1 is 0.939 bits per heavy atom. The summed E-state index contributed by atoms with van der Waals surface area (Å²) in [4.78, 5) is 29.9. The number of nitrogens with zero attached hydrogens (tertiary/aromatic N) is 1. The molecule has 6 heteroatoms. The van der Waals surface area contributed by atoms with Crippen LogP contribution in [0.15, 0.2) is 72.8 Å². The fraction of sp³-hybridized carbons (Fsp3) is 0.185. The lowest BCUT2D eigenvalue weighted by molar-refractivity contribution is 0.0689. The fourth-order valence-electron chi connectivity index (χ4n) is 3.95. The number of aromatic amines is 1. The molecule has 0 saturated heterocycles. The molecule has 6 nitrogen and oxygen atoms in total. The number of hydrogen-bond acceptors (Lipinski definition) is 3. The molecule has 168 valence electrons. The summed E-state index contributed by atoms with van der Waals surface area (Å²) in [7, 11) is 1.76. The van der Waals surface area contributed by atoms with Crippen molar-refractivity contribution in [2.45, 2.75) is 20.0 Å². The minimum atomic E-state index is -1.06. The van der Waals surface area contributed by atoms with Gasteiger partial charge >= 0.3 is 5.97 Å². The summed E-state index contributed by atoms with van der Waals surface area (Å²) < 4.78 is 6.08. The topological polar surface area (TPSA) is 82.6 Å². The molecule has 0 aliphatic carbocycles. The second-order valence-corrected chi connectivity index (χ2v) is 8.03. The van der Waals surface area contributed by atoms with Crippen molar-refractivity contribution in [3.63, 3.8) is 0 Å². The molecule has 0 fully saturated rings. The number of benzene rings is 3. The van der Waals surface area contributed by atoms with E-state index >= 15 is 0 Å². The van der Waals surface area contributed by atoms with Crippen LogP contribution in [0.1, 0.15) is 37.5 Å². The molecule has 33 heavy (non-hydrogen) atoms. The minimum Gasteiger partial charge on any atom is -0.488 e. The zero-order valence-corrected chi connectivity index (χ0v) is 18.7. The number of aromatic nitrogens is 1. The number of aromatic carboxylic acids is 1. The number of carboxylic acid groups (broad SMARTS) is 1. The highest BCUT2D eigenvalue weighted by Gasteiger charge is 2.25. The Balaban J connectivity index is 1.70. The highest BCUT2D eigenvalue weighted by atomic mass is 16.5. The first kappa shape index (κ1) is 22.1. The number of H-pyrrole nitrogens is 1. The van der Waals surface area contributed by atoms with Crippen LogP contribution in [0.2, 0.25) is 0 Å². The predicted octanol–water partition coefficient (Wildman–Crippen LogP) is 5.07. The maximum Gasteiger partial charge on any atom is 0.352 e. The molecule has 0 aliphatic heterocycles. The zero-order valence-electron chi connectivity index (χ0n) is 18.7. The molecule has 4 aromatic rings. The van der Waals surface area contributed by atoms with Crippen LogP contribution in [0, 0.1) is 6.92 Å². The summed E-state index contributed by atoms with van der Waals surface area (Å²) in [5.41, 5.74) is 3.68. The van der Waals surface area contributed by atoms with E-state index in [1.165, 1.54) is 0 Å². The van der Waals surface area contributed by atoms with E-state index in [-0.39, 0.29) is 11.6 Å². The van der Waals surface area contributed by atoms with E-state index in [9.17, 15) is 14.7 Å². The summed E-state index contributed by atoms with van der Waals surface area (Å²) in [5.74, 6) is -0.841. The van der Waals surface area contributed by atoms with Gasteiger partial charge in [0.2, 0.25) is 0 Å². The van der Waals surface area contributed by atoms with Gasteiger partial charge in [-0.3, -0.25) is 4.79 Å². The highest BCUT2D eigenvalue weighted by Crippen LogP contribution is 2.33. The average molecular weight is 443 g/mol. The lowest BCUT2D eigenvalue weighted by Crippen LogP contribution is -2.29. The first-order valence-corrected chi connectivity index (χ1v) is 10.8. The summed E-state index contributed by atoms with van der Waals surface area (Å²) in [6, 6.07) is 23.2. The molecule has 0 atom stereocenters. The monoisotopic (exact) mass is 442 g/mol. The SMILES string of the molecule is Cc1c(C(=O)O)[nH]c2ccc(OCc3ccccc3)c(C(=O)N(C)CCc3ccccc3)c12. The third kappa shape index (κ3) is 4.75. The standard InChI is InChI=1S/C27H26N2O4/c1-18-23-21(28-25(18)27(31)32)13-14-22(33-17-20-11-7-4-8-12-20)24(23)26(30)29(2)16-15-19-9-5-3-6-10-19/h3-14,28H,15-17H2,1-2H3,(H,31,32). The number of nitrogens with one attached hydrogen (secondary N) is 1. The van der Waals surface area contributed by atoms with Crippen LogP contribution in [0.3, 0.4) is 0 Å². The Hall–Kier alpha value is -4.06. The number of carboxylic acids is 1. The smallest absolute Gasteiger partial charge is 0.352 e. The number of amides is 1. The third-order valence-electron chi connectivity index (χ3n) is 5.77. The minimum absolute atomic E-state index is 0.0752. The van der Waals surface area contributed by atoms with Gasteiger partial charge in [0.25, 0.3) is 5.91 Å². The molecular formula is C27H26N2O4. The summed E-state index contributed by atoms with van der Waals surface area (Å²) in [5, 5.41) is 10.2. The van der Waals surface area contributed by atoms with E-state index in [2.05, 4.69) is 4.98 Å². The average Bonchev–Trinajstić information content (AvgIpc) is 3.18. The van der Waals surface area contributed by atoms with Crippen molar-refractivity contribution in [1.82, 2.24) is 9.88 Å². The lowest BCUT2D eigenvalue weighted by Gasteiger charge is -2.20. The molecule has 0 unspecified atom stereocenters. The first-order valence-electron chi connectivity index (χ1n) is 10.8. The largest absolute Gasteiger partial charge is 0.488 e. The summed E-state index contributed by atoms with van der Waals surface area (Å²) in [6.45, 7) is 2.53. The maximum atomic E-state index is 13.6. The second kappa shape index (κ2) is 9.61. The van der Waals surface area contributed by atoms with E-state index in [0.717, 1.165) is 11.1 Å². The van der Waals surface area contributed by atoms with Crippen LogP contribution in [-0.2, 0) is 13.0 Å². The van der Waals surface area contributed by atoms with Crippen molar-refractivity contribution < 1.29 is 19.4 Å². The van der Waals surface area contributed by atoms with Crippen LogP contribution in [0.25, 0.3) is 10.9 Å². The number of fused-ring (bicyclic) bond motifs is 1. The van der Waals surface area contributed by atoms with E-state index < -0.39 is 5.97 Å². The predicted molar refractivity (Wildman–Crippen MR) is 128 cm³/mol. The van der Waals surface area contributed by atoms with Gasteiger partial charge in [0.1, 0.15) is 18.1 Å². The number of aryl methyl sites for hydroxylation is 1. The number of likely N-dealkylation sites (N-methyl/N-ethyl adjacent to an activating group) is 1. The lowest BCUT2D eigenvalue weighted by atomic mass is 10.0. The Morgan fingerprint density at radius 2 is 1.58 bits per heavy atom. The molecule has 1 aromatic heterocycles. The van der Waals surface area contributed by atoms with Gasteiger partial charge in [0.15, 0.2) is 0 Å². The van der Waals surface area contributed by atoms with Crippen molar-refractivity contribution in [3.8, 4) is 5.75 Å². The molecule has 1 amide bonds. The molecule has 2 N–H and O–H groups in total. The molecule has 0 aliphatic rings. The number of carbonyl (C=O) groups excluding carboxylic acids is 1. The van der Waals surface area contributed by atoms with Crippen LogP contribution >= 0.6 is 0 Å². The molecule has 0 spiro atoms. The van der Waals surface area contributed by atoms with Gasteiger partial charge in [-0.15, -0.1) is 0 Å². The van der Waals surface area contributed by atoms with Gasteiger partial charge in [-0.1, -0.05) is 60.7 Å². The van der Waals surface area contributed by atoms with Crippen LogP contribution < -0.4 is 4.74 Å². The quantitative estimate of drug-likeness (QED) is 0.399. The van der Waals surface area contributed by atoms with E-state index in [1.807, 2.05) is 60.7 Å². The molecule has 1 heterocycles. The summed E-state index contributed by atoms with van der Waals surface area (Å²) in [6.07, 6.45) is 0.714. The van der Waals surface area contributed by atoms with Gasteiger partial charge in [-0.25, -0.2) is 4.79 Å². The normalized spacial score (nSPS) is 10.8. The van der Waals surface area contributed by atoms with Crippen molar-refractivity contribution >= 4 is 22.8 Å². The zero-order chi connectivity index (χ0) is 23.4. The fourth-order valence-corrected chi connectivity index (χ4v) is 3.95. The van der Waals surface area contributed by atoms with Crippen LogP contribution in [0.5, 0.6) is 5.75 Å². The molecule has 4 rings (SSSR count). The Bertz CT molecular complexity index is 1280. The van der Waals surface area contributed by atoms with Crippen molar-refractivity contribution in [2.24, 2.45) is 0 Å². The molecule has 0 radical (unpaired) electrons. The number of carbonyl (C=O) groups is 2. The Labute approximate surface area is 192 Å².